The monoisotopic (exact) mass is 506 g/mol. The van der Waals surface area contributed by atoms with Crippen molar-refractivity contribution in [2.75, 3.05) is 14.2 Å². The SMILES string of the molecule is COc1c(OC2OC(C(=O)O)C(OC)C(O)C2O)cc2oc(-c3ccc(O)c(O)c3)cc(=O)c2c1O. The van der Waals surface area contributed by atoms with Crippen LogP contribution in [-0.2, 0) is 14.3 Å². The molecule has 0 radical (unpaired) electrons. The molecular formula is C23H22O13. The Kier molecular flexibility index (Phi) is 6.65. The second-order valence-corrected chi connectivity index (χ2v) is 7.87. The van der Waals surface area contributed by atoms with Crippen LogP contribution in [0.4, 0.5) is 0 Å². The minimum Gasteiger partial charge on any atom is -0.504 e. The summed E-state index contributed by atoms with van der Waals surface area (Å²) in [7, 11) is 2.30. The van der Waals surface area contributed by atoms with Crippen molar-refractivity contribution < 1.29 is 58.8 Å². The Labute approximate surface area is 201 Å². The minimum atomic E-state index is -1.77. The average molecular weight is 506 g/mol. The third-order valence-corrected chi connectivity index (χ3v) is 5.68. The summed E-state index contributed by atoms with van der Waals surface area (Å²) in [5.74, 6) is -3.69. The van der Waals surface area contributed by atoms with Gasteiger partial charge in [0, 0.05) is 24.8 Å². The molecule has 5 unspecified atom stereocenters. The molecule has 2 aromatic carbocycles. The van der Waals surface area contributed by atoms with Gasteiger partial charge in [0.2, 0.25) is 12.0 Å². The van der Waals surface area contributed by atoms with Gasteiger partial charge in [-0.1, -0.05) is 0 Å². The number of carboxylic acid groups (broad SMARTS) is 1. The van der Waals surface area contributed by atoms with E-state index in [0.29, 0.717) is 0 Å². The second-order valence-electron chi connectivity index (χ2n) is 7.87. The van der Waals surface area contributed by atoms with Crippen molar-refractivity contribution >= 4 is 16.9 Å². The Balaban J connectivity index is 1.80. The molecule has 1 fully saturated rings. The number of methoxy groups -OCH3 is 2. The lowest BCUT2D eigenvalue weighted by Crippen LogP contribution is -2.61. The summed E-state index contributed by atoms with van der Waals surface area (Å²) in [4.78, 5) is 24.4. The lowest BCUT2D eigenvalue weighted by molar-refractivity contribution is -0.275. The van der Waals surface area contributed by atoms with Gasteiger partial charge in [0.25, 0.3) is 0 Å². The molecule has 0 amide bonds. The van der Waals surface area contributed by atoms with Crippen LogP contribution in [0.3, 0.4) is 0 Å². The molecule has 192 valence electrons. The number of benzene rings is 2. The Morgan fingerprint density at radius 2 is 1.72 bits per heavy atom. The molecule has 5 atom stereocenters. The molecule has 3 aromatic rings. The van der Waals surface area contributed by atoms with Crippen LogP contribution in [0, 0.1) is 0 Å². The molecule has 2 heterocycles. The zero-order valence-corrected chi connectivity index (χ0v) is 18.8. The lowest BCUT2D eigenvalue weighted by atomic mass is 9.98. The highest BCUT2D eigenvalue weighted by Gasteiger charge is 2.49. The highest BCUT2D eigenvalue weighted by molar-refractivity contribution is 5.89. The van der Waals surface area contributed by atoms with Gasteiger partial charge in [-0.05, 0) is 18.2 Å². The first-order chi connectivity index (χ1) is 17.1. The fraction of sp³-hybridized carbons (Fsp3) is 0.304. The van der Waals surface area contributed by atoms with Crippen molar-refractivity contribution in [2.45, 2.75) is 30.7 Å². The number of hydrogen-bond donors (Lipinski definition) is 6. The molecule has 1 saturated heterocycles. The van der Waals surface area contributed by atoms with Crippen LogP contribution in [-0.4, -0.2) is 81.5 Å². The molecule has 1 aliphatic heterocycles. The first-order valence-electron chi connectivity index (χ1n) is 10.4. The molecule has 0 bridgehead atoms. The van der Waals surface area contributed by atoms with E-state index in [2.05, 4.69) is 0 Å². The molecule has 1 aliphatic rings. The number of hydrogen-bond acceptors (Lipinski definition) is 12. The van der Waals surface area contributed by atoms with Crippen molar-refractivity contribution in [1.29, 1.82) is 0 Å². The van der Waals surface area contributed by atoms with E-state index in [9.17, 15) is 40.2 Å². The number of aromatic hydroxyl groups is 3. The summed E-state index contributed by atoms with van der Waals surface area (Å²) >= 11 is 0. The van der Waals surface area contributed by atoms with Gasteiger partial charge in [0.1, 0.15) is 35.0 Å². The van der Waals surface area contributed by atoms with E-state index in [0.717, 1.165) is 32.4 Å². The third kappa shape index (κ3) is 4.24. The van der Waals surface area contributed by atoms with Crippen molar-refractivity contribution in [3.05, 3.63) is 40.6 Å². The summed E-state index contributed by atoms with van der Waals surface area (Å²) in [6.07, 6.45) is -8.33. The molecule has 13 heteroatoms. The van der Waals surface area contributed by atoms with Gasteiger partial charge in [-0.3, -0.25) is 4.79 Å². The molecule has 0 aliphatic carbocycles. The van der Waals surface area contributed by atoms with Gasteiger partial charge in [-0.2, -0.15) is 0 Å². The zero-order valence-electron chi connectivity index (χ0n) is 18.8. The van der Waals surface area contributed by atoms with Gasteiger partial charge in [0.05, 0.1) is 7.11 Å². The Morgan fingerprint density at radius 3 is 2.33 bits per heavy atom. The maximum atomic E-state index is 12.8. The average Bonchev–Trinajstić information content (AvgIpc) is 2.83. The quantitative estimate of drug-likeness (QED) is 0.252. The number of aliphatic carboxylic acids is 1. The number of carbonyl (C=O) groups is 1. The van der Waals surface area contributed by atoms with Crippen molar-refractivity contribution in [2.24, 2.45) is 0 Å². The van der Waals surface area contributed by atoms with Crippen LogP contribution in [0.5, 0.6) is 28.7 Å². The number of ether oxygens (including phenoxy) is 4. The van der Waals surface area contributed by atoms with E-state index < -0.39 is 53.6 Å². The number of phenolic OH excluding ortho intramolecular Hbond substituents is 3. The highest BCUT2D eigenvalue weighted by Crippen LogP contribution is 2.43. The Hall–Kier alpha value is -4.04. The summed E-state index contributed by atoms with van der Waals surface area (Å²) in [6, 6.07) is 5.92. The van der Waals surface area contributed by atoms with Crippen LogP contribution in [0.25, 0.3) is 22.3 Å². The second kappa shape index (κ2) is 9.54. The number of aliphatic hydroxyl groups excluding tert-OH is 2. The highest BCUT2D eigenvalue weighted by atomic mass is 16.7. The number of aliphatic hydroxyl groups is 2. The minimum absolute atomic E-state index is 0.0310. The maximum absolute atomic E-state index is 12.8. The summed E-state index contributed by atoms with van der Waals surface area (Å²) in [5.41, 5.74) is -0.653. The standard InChI is InChI=1S/C23H22O13/c1-32-19-14(35-23-18(29)17(28)20(33-2)21(36-23)22(30)31)7-13-15(16(19)27)11(26)6-12(34-13)8-3-4-9(24)10(25)5-8/h3-7,17-18,20-21,23-25,27-29H,1-2H3,(H,30,31). The smallest absolute Gasteiger partial charge is 0.335 e. The lowest BCUT2D eigenvalue weighted by Gasteiger charge is -2.40. The van der Waals surface area contributed by atoms with Crippen molar-refractivity contribution in [1.82, 2.24) is 0 Å². The summed E-state index contributed by atoms with van der Waals surface area (Å²) in [5, 5.41) is 59.9. The predicted molar refractivity (Wildman–Crippen MR) is 119 cm³/mol. The third-order valence-electron chi connectivity index (χ3n) is 5.68. The van der Waals surface area contributed by atoms with E-state index in [1.807, 2.05) is 0 Å². The number of fused-ring (bicyclic) bond motifs is 1. The Morgan fingerprint density at radius 1 is 1.00 bits per heavy atom. The van der Waals surface area contributed by atoms with E-state index in [4.69, 9.17) is 23.4 Å². The van der Waals surface area contributed by atoms with Crippen LogP contribution < -0.4 is 14.9 Å². The molecule has 1 aromatic heterocycles. The number of phenols is 3. The fourth-order valence-electron chi connectivity index (χ4n) is 3.89. The molecular weight excluding hydrogens is 484 g/mol. The summed E-state index contributed by atoms with van der Waals surface area (Å²) < 4.78 is 26.7. The van der Waals surface area contributed by atoms with Crippen LogP contribution >= 0.6 is 0 Å². The van der Waals surface area contributed by atoms with Crippen molar-refractivity contribution in [3.8, 4) is 40.1 Å². The summed E-state index contributed by atoms with van der Waals surface area (Å²) in [6.45, 7) is 0. The van der Waals surface area contributed by atoms with Gasteiger partial charge < -0.3 is 54.0 Å². The first kappa shape index (κ1) is 25.1. The largest absolute Gasteiger partial charge is 0.504 e. The van der Waals surface area contributed by atoms with E-state index in [1.165, 1.54) is 12.1 Å². The molecule has 13 nitrogen and oxygen atoms in total. The molecule has 4 rings (SSSR count). The molecule has 0 saturated carbocycles. The molecule has 6 N–H and O–H groups in total. The topological polar surface area (TPSA) is 206 Å². The van der Waals surface area contributed by atoms with Crippen LogP contribution in [0.15, 0.2) is 39.5 Å². The van der Waals surface area contributed by atoms with E-state index in [1.54, 1.807) is 0 Å². The fourth-order valence-corrected chi connectivity index (χ4v) is 3.89. The Bertz CT molecular complexity index is 1360. The number of rotatable bonds is 6. The van der Waals surface area contributed by atoms with Crippen LogP contribution in [0.2, 0.25) is 0 Å². The van der Waals surface area contributed by atoms with Gasteiger partial charge >= 0.3 is 5.97 Å². The normalized spacial score (nSPS) is 23.9. The molecule has 36 heavy (non-hydrogen) atoms. The van der Waals surface area contributed by atoms with E-state index >= 15 is 0 Å². The zero-order chi connectivity index (χ0) is 26.3. The van der Waals surface area contributed by atoms with Crippen LogP contribution in [0.1, 0.15) is 0 Å². The van der Waals surface area contributed by atoms with Crippen molar-refractivity contribution in [3.63, 3.8) is 0 Å². The van der Waals surface area contributed by atoms with Gasteiger partial charge in [-0.25, -0.2) is 4.79 Å². The van der Waals surface area contributed by atoms with Gasteiger partial charge in [-0.15, -0.1) is 0 Å². The predicted octanol–water partition coefficient (Wildman–Crippen LogP) is 0.511. The maximum Gasteiger partial charge on any atom is 0.335 e. The van der Waals surface area contributed by atoms with Gasteiger partial charge in [0.15, 0.2) is 34.5 Å². The van der Waals surface area contributed by atoms with E-state index in [-0.39, 0.29) is 39.5 Å². The molecule has 0 spiro atoms. The first-order valence-corrected chi connectivity index (χ1v) is 10.4. The number of carboxylic acids is 1.